The molecule has 1 aromatic carbocycles. The molecule has 20 heavy (non-hydrogen) atoms. The average Bonchev–Trinajstić information content (AvgIpc) is 2.37. The van der Waals surface area contributed by atoms with Crippen molar-refractivity contribution in [1.82, 2.24) is 5.32 Å². The molecule has 3 heteroatoms. The van der Waals surface area contributed by atoms with E-state index in [-0.39, 0.29) is 29.9 Å². The number of nitrogens with one attached hydrogen (secondary N) is 1. The molecule has 112 valence electrons. The summed E-state index contributed by atoms with van der Waals surface area (Å²) in [4.78, 5) is 12.1. The molecule has 0 saturated carbocycles. The Balaban J connectivity index is 2.50. The molecule has 0 spiro atoms. The van der Waals surface area contributed by atoms with Gasteiger partial charge in [-0.1, -0.05) is 58.0 Å². The smallest absolute Gasteiger partial charge is 0.220 e. The second-order valence-electron chi connectivity index (χ2n) is 6.73. The van der Waals surface area contributed by atoms with Crippen LogP contribution < -0.4 is 5.32 Å². The quantitative estimate of drug-likeness (QED) is 0.839. The number of hydrogen-bond acceptors (Lipinski definition) is 2. The van der Waals surface area contributed by atoms with E-state index in [9.17, 15) is 9.90 Å². The van der Waals surface area contributed by atoms with E-state index in [0.29, 0.717) is 6.42 Å². The molecular formula is C17H27NO2. The zero-order valence-electron chi connectivity index (χ0n) is 13.0. The Bertz CT molecular complexity index is 409. The number of benzene rings is 1. The van der Waals surface area contributed by atoms with Gasteiger partial charge in [-0.15, -0.1) is 0 Å². The first-order valence-corrected chi connectivity index (χ1v) is 7.27. The lowest BCUT2D eigenvalue weighted by Gasteiger charge is -2.26. The van der Waals surface area contributed by atoms with Gasteiger partial charge < -0.3 is 10.4 Å². The number of carbonyl (C=O) groups is 1. The van der Waals surface area contributed by atoms with Crippen LogP contribution in [0, 0.1) is 5.41 Å². The molecule has 3 nitrogen and oxygen atoms in total. The van der Waals surface area contributed by atoms with Gasteiger partial charge in [0.05, 0.1) is 12.6 Å². The molecule has 0 heterocycles. The standard InChI is InChI=1S/C17H27NO2/c1-13(14-8-6-5-7-9-14)10-16(20)18-15(12-19)11-17(2,3)4/h5-9,13,15,19H,10-12H2,1-4H3,(H,18,20). The number of rotatable bonds is 6. The Morgan fingerprint density at radius 3 is 2.35 bits per heavy atom. The minimum atomic E-state index is -0.162. The van der Waals surface area contributed by atoms with E-state index in [4.69, 9.17) is 0 Å². The fourth-order valence-electron chi connectivity index (χ4n) is 2.36. The molecule has 1 aromatic rings. The maximum Gasteiger partial charge on any atom is 0.220 e. The molecule has 2 unspecified atom stereocenters. The van der Waals surface area contributed by atoms with Crippen LogP contribution in [0.4, 0.5) is 0 Å². The SMILES string of the molecule is CC(CC(=O)NC(CO)CC(C)(C)C)c1ccccc1. The molecule has 0 aliphatic rings. The van der Waals surface area contributed by atoms with E-state index < -0.39 is 0 Å². The van der Waals surface area contributed by atoms with Crippen molar-refractivity contribution in [3.05, 3.63) is 35.9 Å². The highest BCUT2D eigenvalue weighted by molar-refractivity contribution is 5.77. The molecule has 0 aliphatic carbocycles. The first-order valence-electron chi connectivity index (χ1n) is 7.27. The summed E-state index contributed by atoms with van der Waals surface area (Å²) in [5, 5.41) is 12.3. The summed E-state index contributed by atoms with van der Waals surface area (Å²) in [6.07, 6.45) is 1.22. The van der Waals surface area contributed by atoms with Crippen LogP contribution in [-0.4, -0.2) is 23.7 Å². The summed E-state index contributed by atoms with van der Waals surface area (Å²) < 4.78 is 0. The van der Waals surface area contributed by atoms with Gasteiger partial charge in [0, 0.05) is 6.42 Å². The minimum Gasteiger partial charge on any atom is -0.394 e. The largest absolute Gasteiger partial charge is 0.394 e. The van der Waals surface area contributed by atoms with Gasteiger partial charge in [-0.05, 0) is 23.3 Å². The van der Waals surface area contributed by atoms with E-state index in [1.54, 1.807) is 0 Å². The van der Waals surface area contributed by atoms with Crippen LogP contribution in [0.2, 0.25) is 0 Å². The molecule has 2 N–H and O–H groups in total. The lowest BCUT2D eigenvalue weighted by molar-refractivity contribution is -0.122. The Morgan fingerprint density at radius 2 is 1.85 bits per heavy atom. The summed E-state index contributed by atoms with van der Waals surface area (Å²) in [5.74, 6) is 0.190. The molecule has 0 bridgehead atoms. The summed E-state index contributed by atoms with van der Waals surface area (Å²) in [5.41, 5.74) is 1.25. The maximum atomic E-state index is 12.1. The van der Waals surface area contributed by atoms with Crippen LogP contribution in [0.25, 0.3) is 0 Å². The number of aliphatic hydroxyl groups excluding tert-OH is 1. The predicted molar refractivity (Wildman–Crippen MR) is 82.6 cm³/mol. The Labute approximate surface area is 122 Å². The van der Waals surface area contributed by atoms with Crippen molar-refractivity contribution in [1.29, 1.82) is 0 Å². The van der Waals surface area contributed by atoms with Crippen LogP contribution in [0.15, 0.2) is 30.3 Å². The topological polar surface area (TPSA) is 49.3 Å². The van der Waals surface area contributed by atoms with Gasteiger partial charge in [-0.25, -0.2) is 0 Å². The van der Waals surface area contributed by atoms with Crippen molar-refractivity contribution in [3.8, 4) is 0 Å². The fourth-order valence-corrected chi connectivity index (χ4v) is 2.36. The molecule has 2 atom stereocenters. The Kier molecular flexibility index (Phi) is 6.21. The first kappa shape index (κ1) is 16.7. The van der Waals surface area contributed by atoms with Gasteiger partial charge in [0.1, 0.15) is 0 Å². The van der Waals surface area contributed by atoms with E-state index in [1.807, 2.05) is 37.3 Å². The molecule has 1 rings (SSSR count). The number of amides is 1. The van der Waals surface area contributed by atoms with E-state index in [2.05, 4.69) is 26.1 Å². The Hall–Kier alpha value is -1.35. The summed E-state index contributed by atoms with van der Waals surface area (Å²) in [6.45, 7) is 8.35. The zero-order valence-corrected chi connectivity index (χ0v) is 13.0. The summed E-state index contributed by atoms with van der Waals surface area (Å²) in [7, 11) is 0. The second kappa shape index (κ2) is 7.44. The van der Waals surface area contributed by atoms with Crippen molar-refractivity contribution in [2.24, 2.45) is 5.41 Å². The van der Waals surface area contributed by atoms with Gasteiger partial charge >= 0.3 is 0 Å². The van der Waals surface area contributed by atoms with Crippen molar-refractivity contribution in [2.45, 2.75) is 52.5 Å². The van der Waals surface area contributed by atoms with Crippen molar-refractivity contribution in [3.63, 3.8) is 0 Å². The maximum absolute atomic E-state index is 12.1. The van der Waals surface area contributed by atoms with Crippen LogP contribution in [0.5, 0.6) is 0 Å². The third-order valence-corrected chi connectivity index (χ3v) is 3.30. The molecule has 0 aliphatic heterocycles. The average molecular weight is 277 g/mol. The number of hydrogen-bond donors (Lipinski definition) is 2. The van der Waals surface area contributed by atoms with Crippen LogP contribution >= 0.6 is 0 Å². The number of aliphatic hydroxyl groups is 1. The monoisotopic (exact) mass is 277 g/mol. The van der Waals surface area contributed by atoms with Gasteiger partial charge in [-0.3, -0.25) is 4.79 Å². The number of carbonyl (C=O) groups excluding carboxylic acids is 1. The molecule has 0 aromatic heterocycles. The van der Waals surface area contributed by atoms with Gasteiger partial charge in [0.25, 0.3) is 0 Å². The van der Waals surface area contributed by atoms with Gasteiger partial charge in [-0.2, -0.15) is 0 Å². The van der Waals surface area contributed by atoms with Crippen molar-refractivity contribution in [2.75, 3.05) is 6.61 Å². The molecule has 0 radical (unpaired) electrons. The van der Waals surface area contributed by atoms with E-state index >= 15 is 0 Å². The highest BCUT2D eigenvalue weighted by Crippen LogP contribution is 2.22. The lowest BCUT2D eigenvalue weighted by atomic mass is 9.88. The molecular weight excluding hydrogens is 250 g/mol. The van der Waals surface area contributed by atoms with Gasteiger partial charge in [0.2, 0.25) is 5.91 Å². The third-order valence-electron chi connectivity index (χ3n) is 3.30. The highest BCUT2D eigenvalue weighted by atomic mass is 16.3. The predicted octanol–water partition coefficient (Wildman–Crippen LogP) is 3.09. The lowest BCUT2D eigenvalue weighted by Crippen LogP contribution is -2.40. The normalized spacial score (nSPS) is 14.7. The Morgan fingerprint density at radius 1 is 1.25 bits per heavy atom. The zero-order chi connectivity index (χ0) is 15.2. The van der Waals surface area contributed by atoms with Crippen molar-refractivity contribution < 1.29 is 9.90 Å². The molecule has 0 saturated heterocycles. The molecule has 0 fully saturated rings. The van der Waals surface area contributed by atoms with Crippen LogP contribution in [0.3, 0.4) is 0 Å². The summed E-state index contributed by atoms with van der Waals surface area (Å²) in [6, 6.07) is 9.86. The van der Waals surface area contributed by atoms with Crippen LogP contribution in [-0.2, 0) is 4.79 Å². The fraction of sp³-hybridized carbons (Fsp3) is 0.588. The second-order valence-corrected chi connectivity index (χ2v) is 6.73. The third kappa shape index (κ3) is 6.20. The van der Waals surface area contributed by atoms with E-state index in [1.165, 1.54) is 5.56 Å². The highest BCUT2D eigenvalue weighted by Gasteiger charge is 2.20. The van der Waals surface area contributed by atoms with Crippen LogP contribution in [0.1, 0.15) is 52.0 Å². The van der Waals surface area contributed by atoms with Crippen molar-refractivity contribution >= 4 is 5.91 Å². The minimum absolute atomic E-state index is 0.00431. The van der Waals surface area contributed by atoms with Gasteiger partial charge in [0.15, 0.2) is 0 Å². The summed E-state index contributed by atoms with van der Waals surface area (Å²) >= 11 is 0. The van der Waals surface area contributed by atoms with E-state index in [0.717, 1.165) is 6.42 Å². The first-order chi connectivity index (χ1) is 9.31. The molecule has 1 amide bonds.